The highest BCUT2D eigenvalue weighted by Gasteiger charge is 2.35. The van der Waals surface area contributed by atoms with Crippen LogP contribution in [0.2, 0.25) is 0 Å². The molecule has 1 atom stereocenters. The molecule has 3 aromatic rings. The number of amides is 1. The summed E-state index contributed by atoms with van der Waals surface area (Å²) >= 11 is 1.43. The van der Waals surface area contributed by atoms with Crippen LogP contribution in [0.1, 0.15) is 54.1 Å². The van der Waals surface area contributed by atoms with Gasteiger partial charge in [-0.3, -0.25) is 4.79 Å². The van der Waals surface area contributed by atoms with Crippen molar-refractivity contribution in [2.75, 3.05) is 5.75 Å². The molecule has 1 aliphatic carbocycles. The van der Waals surface area contributed by atoms with Crippen molar-refractivity contribution in [1.82, 2.24) is 19.8 Å². The Labute approximate surface area is 179 Å². The monoisotopic (exact) mass is 421 g/mol. The average Bonchev–Trinajstić information content (AvgIpc) is 3.14. The number of thioether (sulfide) groups is 1. The molecule has 0 radical (unpaired) electrons. The predicted octanol–water partition coefficient (Wildman–Crippen LogP) is 4.29. The standard InChI is InChI=1S/C22H23N5O2S/c1-14-5-7-16(8-6-14)18-12-19(20-4-3-11-29-20)27(25-18)21(28)13-30-22-24-23-15(2)26(22)17-9-10-17/h3-8,11,17,19H,9-10,12-13H2,1-2H3/t19-/m0/s1. The molecule has 0 saturated heterocycles. The van der Waals surface area contributed by atoms with Crippen LogP contribution >= 0.6 is 11.8 Å². The molecule has 154 valence electrons. The molecule has 0 N–H and O–H groups in total. The van der Waals surface area contributed by atoms with Gasteiger partial charge in [0.15, 0.2) is 5.16 Å². The third-order valence-corrected chi connectivity index (χ3v) is 6.42. The van der Waals surface area contributed by atoms with Crippen molar-refractivity contribution < 1.29 is 9.21 Å². The van der Waals surface area contributed by atoms with Gasteiger partial charge in [0, 0.05) is 12.5 Å². The van der Waals surface area contributed by atoms with E-state index in [0.29, 0.717) is 12.5 Å². The fourth-order valence-electron chi connectivity index (χ4n) is 3.76. The summed E-state index contributed by atoms with van der Waals surface area (Å²) in [4.78, 5) is 13.2. The lowest BCUT2D eigenvalue weighted by atomic mass is 10.0. The number of furan rings is 1. The van der Waals surface area contributed by atoms with Crippen LogP contribution < -0.4 is 0 Å². The number of rotatable bonds is 6. The minimum Gasteiger partial charge on any atom is -0.467 e. The molecule has 1 saturated carbocycles. The second kappa shape index (κ2) is 7.75. The maximum absolute atomic E-state index is 13.2. The molecule has 1 aromatic carbocycles. The lowest BCUT2D eigenvalue weighted by Gasteiger charge is -2.19. The normalized spacial score (nSPS) is 18.7. The van der Waals surface area contributed by atoms with Gasteiger partial charge in [-0.15, -0.1) is 10.2 Å². The van der Waals surface area contributed by atoms with E-state index >= 15 is 0 Å². The van der Waals surface area contributed by atoms with E-state index in [2.05, 4.69) is 46.0 Å². The van der Waals surface area contributed by atoms with Crippen molar-refractivity contribution in [2.24, 2.45) is 5.10 Å². The van der Waals surface area contributed by atoms with E-state index in [1.807, 2.05) is 19.1 Å². The van der Waals surface area contributed by atoms with Gasteiger partial charge in [0.25, 0.3) is 5.91 Å². The number of hydrazone groups is 1. The van der Waals surface area contributed by atoms with Crippen molar-refractivity contribution in [3.63, 3.8) is 0 Å². The number of hydrogen-bond acceptors (Lipinski definition) is 6. The fraction of sp³-hybridized carbons (Fsp3) is 0.364. The maximum Gasteiger partial charge on any atom is 0.253 e. The molecule has 8 heteroatoms. The molecule has 2 aliphatic rings. The number of aryl methyl sites for hydroxylation is 2. The Kier molecular flexibility index (Phi) is 4.94. The molecule has 1 fully saturated rings. The van der Waals surface area contributed by atoms with Gasteiger partial charge in [-0.25, -0.2) is 5.01 Å². The summed E-state index contributed by atoms with van der Waals surface area (Å²) in [6.45, 7) is 4.02. The van der Waals surface area contributed by atoms with Crippen molar-refractivity contribution in [3.05, 3.63) is 65.4 Å². The van der Waals surface area contributed by atoms with E-state index in [1.54, 1.807) is 11.3 Å². The number of nitrogens with zero attached hydrogens (tertiary/aromatic N) is 5. The number of benzene rings is 1. The molecular weight excluding hydrogens is 398 g/mol. The van der Waals surface area contributed by atoms with Crippen LogP contribution in [0.25, 0.3) is 0 Å². The van der Waals surface area contributed by atoms with Crippen molar-refractivity contribution >= 4 is 23.4 Å². The molecule has 2 aromatic heterocycles. The second-order valence-electron chi connectivity index (χ2n) is 7.81. The average molecular weight is 422 g/mol. The lowest BCUT2D eigenvalue weighted by Crippen LogP contribution is -2.28. The molecular formula is C22H23N5O2S. The predicted molar refractivity (Wildman–Crippen MR) is 114 cm³/mol. The first-order chi connectivity index (χ1) is 14.6. The smallest absolute Gasteiger partial charge is 0.253 e. The third-order valence-electron chi connectivity index (χ3n) is 5.49. The Bertz CT molecular complexity index is 1080. The number of carbonyl (C=O) groups excluding carboxylic acids is 1. The fourth-order valence-corrected chi connectivity index (χ4v) is 4.66. The highest BCUT2D eigenvalue weighted by Crippen LogP contribution is 2.39. The van der Waals surface area contributed by atoms with Gasteiger partial charge < -0.3 is 8.98 Å². The second-order valence-corrected chi connectivity index (χ2v) is 8.75. The Balaban J connectivity index is 1.36. The third kappa shape index (κ3) is 3.67. The van der Waals surface area contributed by atoms with Gasteiger partial charge in [-0.2, -0.15) is 5.10 Å². The number of hydrogen-bond donors (Lipinski definition) is 0. The summed E-state index contributed by atoms with van der Waals surface area (Å²) in [6, 6.07) is 12.2. The minimum atomic E-state index is -0.229. The minimum absolute atomic E-state index is 0.0634. The number of aromatic nitrogens is 3. The summed E-state index contributed by atoms with van der Waals surface area (Å²) in [5, 5.41) is 15.5. The zero-order valence-electron chi connectivity index (χ0n) is 17.0. The Morgan fingerprint density at radius 3 is 2.67 bits per heavy atom. The van der Waals surface area contributed by atoms with Gasteiger partial charge in [-0.05, 0) is 44.4 Å². The first-order valence-corrected chi connectivity index (χ1v) is 11.1. The Morgan fingerprint density at radius 1 is 1.17 bits per heavy atom. The van der Waals surface area contributed by atoms with E-state index in [-0.39, 0.29) is 17.7 Å². The Morgan fingerprint density at radius 2 is 1.97 bits per heavy atom. The van der Waals surface area contributed by atoms with Crippen LogP contribution in [0.4, 0.5) is 0 Å². The van der Waals surface area contributed by atoms with Crippen LogP contribution in [-0.4, -0.2) is 37.1 Å². The molecule has 30 heavy (non-hydrogen) atoms. The van der Waals surface area contributed by atoms with Crippen molar-refractivity contribution in [3.8, 4) is 0 Å². The molecule has 0 bridgehead atoms. The molecule has 1 aliphatic heterocycles. The maximum atomic E-state index is 13.2. The summed E-state index contributed by atoms with van der Waals surface area (Å²) in [5.41, 5.74) is 3.12. The van der Waals surface area contributed by atoms with Gasteiger partial charge in [0.05, 0.1) is 17.7 Å². The van der Waals surface area contributed by atoms with Crippen molar-refractivity contribution in [1.29, 1.82) is 0 Å². The van der Waals surface area contributed by atoms with E-state index in [1.165, 1.54) is 17.3 Å². The van der Waals surface area contributed by atoms with Gasteiger partial charge in [0.1, 0.15) is 17.6 Å². The summed E-state index contributed by atoms with van der Waals surface area (Å²) < 4.78 is 7.77. The van der Waals surface area contributed by atoms with Crippen LogP contribution in [0.3, 0.4) is 0 Å². The largest absolute Gasteiger partial charge is 0.467 e. The zero-order valence-corrected chi connectivity index (χ0v) is 17.8. The molecule has 7 nitrogen and oxygen atoms in total. The summed E-state index contributed by atoms with van der Waals surface area (Å²) in [6.07, 6.45) is 4.57. The van der Waals surface area contributed by atoms with Crippen LogP contribution in [0.5, 0.6) is 0 Å². The summed E-state index contributed by atoms with van der Waals surface area (Å²) in [7, 11) is 0. The first kappa shape index (κ1) is 19.1. The highest BCUT2D eigenvalue weighted by molar-refractivity contribution is 7.99. The zero-order chi connectivity index (χ0) is 20.7. The highest BCUT2D eigenvalue weighted by atomic mass is 32.2. The van der Waals surface area contributed by atoms with Crippen molar-refractivity contribution in [2.45, 2.75) is 50.4 Å². The molecule has 0 unspecified atom stereocenters. The van der Waals surface area contributed by atoms with E-state index < -0.39 is 0 Å². The van der Waals surface area contributed by atoms with Gasteiger partial charge in [-0.1, -0.05) is 41.6 Å². The lowest BCUT2D eigenvalue weighted by molar-refractivity contribution is -0.130. The SMILES string of the molecule is Cc1ccc(C2=NN(C(=O)CSc3nnc(C)n3C3CC3)[C@H](c3ccco3)C2)cc1. The molecule has 5 rings (SSSR count). The van der Waals surface area contributed by atoms with Crippen LogP contribution in [-0.2, 0) is 4.79 Å². The molecule has 0 spiro atoms. The molecule has 1 amide bonds. The topological polar surface area (TPSA) is 76.5 Å². The molecule has 3 heterocycles. The van der Waals surface area contributed by atoms with E-state index in [0.717, 1.165) is 40.9 Å². The van der Waals surface area contributed by atoms with Gasteiger partial charge in [0.2, 0.25) is 0 Å². The van der Waals surface area contributed by atoms with E-state index in [4.69, 9.17) is 9.52 Å². The number of carbonyl (C=O) groups is 1. The Hall–Kier alpha value is -2.87. The first-order valence-electron chi connectivity index (χ1n) is 10.1. The van der Waals surface area contributed by atoms with Crippen LogP contribution in [0.15, 0.2) is 57.3 Å². The van der Waals surface area contributed by atoms with E-state index in [9.17, 15) is 4.79 Å². The summed E-state index contributed by atoms with van der Waals surface area (Å²) in [5.74, 6) is 1.84. The van der Waals surface area contributed by atoms with Crippen LogP contribution in [0, 0.1) is 13.8 Å². The quantitative estimate of drug-likeness (QED) is 0.555. The van der Waals surface area contributed by atoms with Gasteiger partial charge >= 0.3 is 0 Å².